The summed E-state index contributed by atoms with van der Waals surface area (Å²) in [7, 11) is 0. The summed E-state index contributed by atoms with van der Waals surface area (Å²) in [5, 5.41) is 8.37. The van der Waals surface area contributed by atoms with E-state index >= 15 is 0 Å². The van der Waals surface area contributed by atoms with Crippen LogP contribution in [0.3, 0.4) is 0 Å². The van der Waals surface area contributed by atoms with Crippen LogP contribution in [-0.4, -0.2) is 16.9 Å². The molecule has 0 aliphatic rings. The fraction of sp³-hybridized carbons (Fsp3) is 0.136. The maximum absolute atomic E-state index is 12.3. The van der Waals surface area contributed by atoms with E-state index in [-0.39, 0.29) is 11.9 Å². The Morgan fingerprint density at radius 1 is 0.857 bits per heavy atom. The third kappa shape index (κ3) is 5.41. The molecule has 0 aliphatic carbocycles. The molecule has 0 radical (unpaired) electrons. The lowest BCUT2D eigenvalue weighted by Crippen LogP contribution is -2.28. The van der Waals surface area contributed by atoms with Crippen molar-refractivity contribution in [3.63, 3.8) is 0 Å². The Labute approximate surface area is 164 Å². The van der Waals surface area contributed by atoms with Gasteiger partial charge in [0.25, 0.3) is 5.91 Å². The SMILES string of the molecule is CCc1ccc(C(=O)Nc2ccc(NC(=O)NCc3cccnc3)cc2)cc1. The van der Waals surface area contributed by atoms with Crippen LogP contribution in [-0.2, 0) is 13.0 Å². The first kappa shape index (κ1) is 19.1. The van der Waals surface area contributed by atoms with Gasteiger partial charge >= 0.3 is 6.03 Å². The second kappa shape index (κ2) is 9.32. The zero-order valence-electron chi connectivity index (χ0n) is 15.6. The number of rotatable bonds is 6. The number of hydrogen-bond donors (Lipinski definition) is 3. The summed E-state index contributed by atoms with van der Waals surface area (Å²) in [5.41, 5.74) is 4.01. The molecule has 3 N–H and O–H groups in total. The number of hydrogen-bond acceptors (Lipinski definition) is 3. The topological polar surface area (TPSA) is 83.1 Å². The van der Waals surface area contributed by atoms with Gasteiger partial charge in [-0.25, -0.2) is 4.79 Å². The van der Waals surface area contributed by atoms with E-state index in [0.717, 1.165) is 12.0 Å². The largest absolute Gasteiger partial charge is 0.334 e. The van der Waals surface area contributed by atoms with Gasteiger partial charge < -0.3 is 16.0 Å². The van der Waals surface area contributed by atoms with Gasteiger partial charge in [0.1, 0.15) is 0 Å². The molecule has 0 unspecified atom stereocenters. The predicted octanol–water partition coefficient (Wildman–Crippen LogP) is 4.22. The molecule has 142 valence electrons. The van der Waals surface area contributed by atoms with Gasteiger partial charge in [0.2, 0.25) is 0 Å². The molecular formula is C22H22N4O2. The van der Waals surface area contributed by atoms with Crippen molar-refractivity contribution in [2.24, 2.45) is 0 Å². The molecule has 6 nitrogen and oxygen atoms in total. The van der Waals surface area contributed by atoms with Crippen LogP contribution < -0.4 is 16.0 Å². The van der Waals surface area contributed by atoms with Crippen molar-refractivity contribution in [2.45, 2.75) is 19.9 Å². The number of nitrogens with zero attached hydrogens (tertiary/aromatic N) is 1. The molecule has 0 fully saturated rings. The van der Waals surface area contributed by atoms with Crippen molar-refractivity contribution in [2.75, 3.05) is 10.6 Å². The van der Waals surface area contributed by atoms with E-state index in [1.165, 1.54) is 5.56 Å². The molecule has 0 spiro atoms. The highest BCUT2D eigenvalue weighted by Crippen LogP contribution is 2.15. The molecule has 3 aromatic rings. The van der Waals surface area contributed by atoms with E-state index in [4.69, 9.17) is 0 Å². The highest BCUT2D eigenvalue weighted by molar-refractivity contribution is 6.04. The molecule has 1 aromatic heterocycles. The number of amides is 3. The van der Waals surface area contributed by atoms with Gasteiger partial charge in [-0.3, -0.25) is 9.78 Å². The van der Waals surface area contributed by atoms with Crippen molar-refractivity contribution in [1.82, 2.24) is 10.3 Å². The second-order valence-electron chi connectivity index (χ2n) is 6.25. The number of carbonyl (C=O) groups is 2. The van der Waals surface area contributed by atoms with Crippen molar-refractivity contribution >= 4 is 23.3 Å². The third-order valence-corrected chi connectivity index (χ3v) is 4.20. The van der Waals surface area contributed by atoms with Crippen LogP contribution in [0.15, 0.2) is 73.1 Å². The first-order valence-corrected chi connectivity index (χ1v) is 9.08. The van der Waals surface area contributed by atoms with Crippen LogP contribution in [0.4, 0.5) is 16.2 Å². The van der Waals surface area contributed by atoms with Crippen molar-refractivity contribution in [3.05, 3.63) is 89.7 Å². The summed E-state index contributed by atoms with van der Waals surface area (Å²) in [4.78, 5) is 28.3. The van der Waals surface area contributed by atoms with Gasteiger partial charge in [-0.2, -0.15) is 0 Å². The van der Waals surface area contributed by atoms with Crippen LogP contribution in [0.2, 0.25) is 0 Å². The summed E-state index contributed by atoms with van der Waals surface area (Å²) in [5.74, 6) is -0.169. The number of carbonyl (C=O) groups excluding carboxylic acids is 2. The van der Waals surface area contributed by atoms with Crippen molar-refractivity contribution < 1.29 is 9.59 Å². The molecule has 0 aliphatic heterocycles. The molecule has 0 saturated heterocycles. The molecule has 0 bridgehead atoms. The standard InChI is InChI=1S/C22H22N4O2/c1-2-16-5-7-18(8-6-16)21(27)25-19-9-11-20(12-10-19)26-22(28)24-15-17-4-3-13-23-14-17/h3-14H,2,15H2,1H3,(H,25,27)(H2,24,26,28). The first-order valence-electron chi connectivity index (χ1n) is 9.08. The number of pyridine rings is 1. The summed E-state index contributed by atoms with van der Waals surface area (Å²) < 4.78 is 0. The Morgan fingerprint density at radius 3 is 2.14 bits per heavy atom. The minimum absolute atomic E-state index is 0.169. The maximum atomic E-state index is 12.3. The summed E-state index contributed by atoms with van der Waals surface area (Å²) >= 11 is 0. The van der Waals surface area contributed by atoms with E-state index in [0.29, 0.717) is 23.5 Å². The monoisotopic (exact) mass is 374 g/mol. The van der Waals surface area contributed by atoms with Gasteiger partial charge in [-0.05, 0) is 60.0 Å². The molecule has 6 heteroatoms. The van der Waals surface area contributed by atoms with Crippen LogP contribution in [0.5, 0.6) is 0 Å². The number of aromatic nitrogens is 1. The second-order valence-corrected chi connectivity index (χ2v) is 6.25. The molecule has 3 amide bonds. The van der Waals surface area contributed by atoms with Crippen LogP contribution in [0, 0.1) is 0 Å². The highest BCUT2D eigenvalue weighted by atomic mass is 16.2. The van der Waals surface area contributed by atoms with E-state index in [9.17, 15) is 9.59 Å². The predicted molar refractivity (Wildman–Crippen MR) is 110 cm³/mol. The molecule has 28 heavy (non-hydrogen) atoms. The Hall–Kier alpha value is -3.67. The average molecular weight is 374 g/mol. The number of anilines is 2. The van der Waals surface area contributed by atoms with Crippen LogP contribution >= 0.6 is 0 Å². The van der Waals surface area contributed by atoms with Gasteiger partial charge in [0.05, 0.1) is 0 Å². The fourth-order valence-corrected chi connectivity index (χ4v) is 2.59. The van der Waals surface area contributed by atoms with Gasteiger partial charge in [-0.1, -0.05) is 25.1 Å². The van der Waals surface area contributed by atoms with E-state index in [1.54, 1.807) is 36.7 Å². The molecule has 0 saturated carbocycles. The van der Waals surface area contributed by atoms with Gasteiger partial charge in [-0.15, -0.1) is 0 Å². The molecule has 3 rings (SSSR count). The van der Waals surface area contributed by atoms with Crippen molar-refractivity contribution in [1.29, 1.82) is 0 Å². The summed E-state index contributed by atoms with van der Waals surface area (Å²) in [6.45, 7) is 2.47. The number of aryl methyl sites for hydroxylation is 1. The van der Waals surface area contributed by atoms with Crippen LogP contribution in [0.1, 0.15) is 28.4 Å². The summed E-state index contributed by atoms with van der Waals surface area (Å²) in [6.07, 6.45) is 4.32. The lowest BCUT2D eigenvalue weighted by atomic mass is 10.1. The van der Waals surface area contributed by atoms with Gasteiger partial charge in [0.15, 0.2) is 0 Å². The maximum Gasteiger partial charge on any atom is 0.319 e. The minimum atomic E-state index is -0.309. The molecule has 1 heterocycles. The number of benzene rings is 2. The Kier molecular flexibility index (Phi) is 6.36. The number of nitrogens with one attached hydrogen (secondary N) is 3. The molecule has 2 aromatic carbocycles. The normalized spacial score (nSPS) is 10.2. The smallest absolute Gasteiger partial charge is 0.319 e. The zero-order chi connectivity index (χ0) is 19.8. The Morgan fingerprint density at radius 2 is 1.54 bits per heavy atom. The quantitative estimate of drug-likeness (QED) is 0.604. The van der Waals surface area contributed by atoms with Crippen LogP contribution in [0.25, 0.3) is 0 Å². The van der Waals surface area contributed by atoms with E-state index < -0.39 is 0 Å². The highest BCUT2D eigenvalue weighted by Gasteiger charge is 2.07. The third-order valence-electron chi connectivity index (χ3n) is 4.20. The first-order chi connectivity index (χ1) is 13.6. The van der Waals surface area contributed by atoms with Crippen molar-refractivity contribution in [3.8, 4) is 0 Å². The van der Waals surface area contributed by atoms with E-state index in [2.05, 4.69) is 27.9 Å². The van der Waals surface area contributed by atoms with E-state index in [1.807, 2.05) is 36.4 Å². The molecule has 0 atom stereocenters. The Bertz CT molecular complexity index is 923. The van der Waals surface area contributed by atoms with Gasteiger partial charge in [0, 0.05) is 35.9 Å². The fourth-order valence-electron chi connectivity index (χ4n) is 2.59. The minimum Gasteiger partial charge on any atom is -0.334 e. The molecular weight excluding hydrogens is 352 g/mol. The number of urea groups is 1. The summed E-state index contributed by atoms with van der Waals surface area (Å²) in [6, 6.07) is 17.9. The zero-order valence-corrected chi connectivity index (χ0v) is 15.6. The lowest BCUT2D eigenvalue weighted by molar-refractivity contribution is 0.102. The Balaban J connectivity index is 1.51. The lowest BCUT2D eigenvalue weighted by Gasteiger charge is -2.09. The average Bonchev–Trinajstić information content (AvgIpc) is 2.74.